The second-order valence-corrected chi connectivity index (χ2v) is 7.67. The Morgan fingerprint density at radius 2 is 2.18 bits per heavy atom. The van der Waals surface area contributed by atoms with Gasteiger partial charge in [-0.05, 0) is 26.0 Å². The van der Waals surface area contributed by atoms with Gasteiger partial charge >= 0.3 is 0 Å². The second-order valence-electron chi connectivity index (χ2n) is 6.13. The number of hydrogen-bond acceptors (Lipinski definition) is 8. The van der Waals surface area contributed by atoms with E-state index in [-0.39, 0.29) is 35.7 Å². The van der Waals surface area contributed by atoms with E-state index in [4.69, 9.17) is 17.3 Å². The van der Waals surface area contributed by atoms with Gasteiger partial charge in [0, 0.05) is 41.4 Å². The lowest BCUT2D eigenvalue weighted by atomic mass is 10.2. The number of fused-ring (bicyclic) bond motifs is 1. The number of halogens is 1. The van der Waals surface area contributed by atoms with Crippen LogP contribution in [-0.4, -0.2) is 27.1 Å². The van der Waals surface area contributed by atoms with Crippen LogP contribution in [0.3, 0.4) is 0 Å². The molecular weight excluding hydrogens is 399 g/mol. The number of nitrogens with two attached hydrogens (primary N) is 3. The maximum atomic E-state index is 13.0. The minimum absolute atomic E-state index is 0.186. The van der Waals surface area contributed by atoms with Crippen LogP contribution < -0.4 is 22.9 Å². The number of nitrogen functional groups attached to an aromatic ring is 1. The van der Waals surface area contributed by atoms with Gasteiger partial charge in [-0.1, -0.05) is 18.2 Å². The zero-order valence-corrected chi connectivity index (χ0v) is 17.3. The van der Waals surface area contributed by atoms with Crippen LogP contribution in [0.4, 0.5) is 8.89 Å². The van der Waals surface area contributed by atoms with Crippen LogP contribution in [0.5, 0.6) is 0 Å². The molecular formula is C18H23FN6OS2. The van der Waals surface area contributed by atoms with Crippen molar-refractivity contribution in [2.24, 2.45) is 11.6 Å². The summed E-state index contributed by atoms with van der Waals surface area (Å²) in [5, 5.41) is 8.67. The van der Waals surface area contributed by atoms with Gasteiger partial charge in [0.2, 0.25) is 0 Å². The van der Waals surface area contributed by atoms with Crippen LogP contribution >= 0.6 is 23.5 Å². The van der Waals surface area contributed by atoms with Crippen LogP contribution in [0.15, 0.2) is 46.8 Å². The minimum Gasteiger partial charge on any atom is -0.396 e. The molecule has 0 radical (unpaired) electrons. The molecule has 0 aliphatic rings. The predicted octanol–water partition coefficient (Wildman–Crippen LogP) is 3.08. The van der Waals surface area contributed by atoms with Crippen molar-refractivity contribution in [3.05, 3.63) is 58.0 Å². The molecule has 2 rings (SSSR count). The predicted molar refractivity (Wildman–Crippen MR) is 119 cm³/mol. The third kappa shape index (κ3) is 4.83. The van der Waals surface area contributed by atoms with Crippen molar-refractivity contribution in [3.8, 4) is 0 Å². The first kappa shape index (κ1) is 21.7. The first-order chi connectivity index (χ1) is 13.3. The van der Waals surface area contributed by atoms with Gasteiger partial charge in [-0.3, -0.25) is 4.79 Å². The van der Waals surface area contributed by atoms with Crippen molar-refractivity contribution in [2.75, 3.05) is 18.0 Å². The molecule has 0 aliphatic carbocycles. The molecule has 10 heteroatoms. The fourth-order valence-electron chi connectivity index (χ4n) is 2.38. The number of hydrogen-bond donors (Lipinski definition) is 3. The van der Waals surface area contributed by atoms with Gasteiger partial charge in [0.25, 0.3) is 5.56 Å². The highest BCUT2D eigenvalue weighted by atomic mass is 32.2. The highest BCUT2D eigenvalue weighted by Gasteiger charge is 2.18. The highest BCUT2D eigenvalue weighted by molar-refractivity contribution is 7.94. The van der Waals surface area contributed by atoms with E-state index < -0.39 is 0 Å². The molecule has 0 saturated heterocycles. The molecule has 2 aromatic heterocycles. The molecule has 0 fully saturated rings. The average Bonchev–Trinajstić information content (AvgIpc) is 3.03. The summed E-state index contributed by atoms with van der Waals surface area (Å²) in [7, 11) is 0. The molecule has 7 nitrogen and oxygen atoms in total. The molecule has 28 heavy (non-hydrogen) atoms. The van der Waals surface area contributed by atoms with E-state index in [2.05, 4.69) is 11.7 Å². The van der Waals surface area contributed by atoms with Crippen LogP contribution in [-0.2, 0) is 0 Å². The summed E-state index contributed by atoms with van der Waals surface area (Å²) in [4.78, 5) is 13.0. The molecule has 6 N–H and O–H groups in total. The van der Waals surface area contributed by atoms with Gasteiger partial charge in [0.1, 0.15) is 5.69 Å². The molecule has 0 saturated carbocycles. The summed E-state index contributed by atoms with van der Waals surface area (Å²) in [6, 6.07) is 0. The van der Waals surface area contributed by atoms with E-state index in [9.17, 15) is 8.68 Å². The van der Waals surface area contributed by atoms with Crippen LogP contribution in [0.1, 0.15) is 19.5 Å². The number of thiophene rings is 1. The van der Waals surface area contributed by atoms with E-state index in [1.54, 1.807) is 11.5 Å². The summed E-state index contributed by atoms with van der Waals surface area (Å²) >= 11 is 1.42. The van der Waals surface area contributed by atoms with Gasteiger partial charge in [-0.25, -0.2) is 5.84 Å². The minimum atomic E-state index is -0.364. The number of nitrogens with zero attached hydrogens (tertiary/aromatic N) is 3. The Morgan fingerprint density at radius 3 is 2.79 bits per heavy atom. The summed E-state index contributed by atoms with van der Waals surface area (Å²) < 4.78 is 13.5. The smallest absolute Gasteiger partial charge is 0.282 e. The van der Waals surface area contributed by atoms with Gasteiger partial charge in [-0.2, -0.15) is 13.7 Å². The molecule has 150 valence electrons. The van der Waals surface area contributed by atoms with Gasteiger partial charge in [0.15, 0.2) is 0 Å². The van der Waals surface area contributed by atoms with Crippen molar-refractivity contribution >= 4 is 50.7 Å². The van der Waals surface area contributed by atoms with Gasteiger partial charge in [0.05, 0.1) is 21.8 Å². The molecule has 0 amide bonds. The number of aromatic nitrogens is 2. The first-order valence-corrected chi connectivity index (χ1v) is 10.1. The molecule has 0 spiro atoms. The Labute approximate surface area is 170 Å². The maximum Gasteiger partial charge on any atom is 0.282 e. The van der Waals surface area contributed by atoms with Crippen LogP contribution in [0.2, 0.25) is 0 Å². The van der Waals surface area contributed by atoms with Crippen molar-refractivity contribution in [2.45, 2.75) is 13.8 Å². The fraction of sp³-hybridized carbons (Fsp3) is 0.222. The maximum absolute atomic E-state index is 13.0. The van der Waals surface area contributed by atoms with Crippen LogP contribution in [0.25, 0.3) is 22.2 Å². The lowest BCUT2D eigenvalue weighted by molar-refractivity contribution is 0.420. The molecule has 0 aromatic carbocycles. The highest BCUT2D eigenvalue weighted by Crippen LogP contribution is 2.29. The monoisotopic (exact) mass is 422 g/mol. The number of hydrazine groups is 1. The summed E-state index contributed by atoms with van der Waals surface area (Å²) in [6.07, 6.45) is 6.57. The molecule has 0 atom stereocenters. The van der Waals surface area contributed by atoms with Crippen molar-refractivity contribution < 1.29 is 3.89 Å². The Morgan fingerprint density at radius 1 is 1.46 bits per heavy atom. The molecule has 0 unspecified atom stereocenters. The molecule has 0 aliphatic heterocycles. The van der Waals surface area contributed by atoms with Gasteiger partial charge < -0.3 is 16.5 Å². The largest absolute Gasteiger partial charge is 0.396 e. The van der Waals surface area contributed by atoms with E-state index in [1.807, 2.05) is 19.9 Å². The third-order valence-electron chi connectivity index (χ3n) is 3.73. The van der Waals surface area contributed by atoms with E-state index in [1.165, 1.54) is 33.3 Å². The first-order valence-electron chi connectivity index (χ1n) is 8.30. The average molecular weight is 423 g/mol. The standard InChI is InChI=1S/C18H23FN6OS2/c1-4-12(6-5-11(2)3)25-18(26)15-13(10-27-17(15)21)16(23-25)14(20)9-24(22)7-8-28-19/h4-6,9-10H,1,7-8,20-22H2,2-3H3/b12-6+,14-9-. The third-order valence-corrected chi connectivity index (χ3v) is 4.88. The Balaban J connectivity index is 2.70. The molecule has 2 heterocycles. The topological polar surface area (TPSA) is 116 Å². The van der Waals surface area contributed by atoms with E-state index >= 15 is 0 Å². The zero-order chi connectivity index (χ0) is 20.8. The van der Waals surface area contributed by atoms with E-state index in [0.29, 0.717) is 27.2 Å². The van der Waals surface area contributed by atoms with E-state index in [0.717, 1.165) is 5.57 Å². The zero-order valence-electron chi connectivity index (χ0n) is 15.7. The van der Waals surface area contributed by atoms with Crippen molar-refractivity contribution in [3.63, 3.8) is 0 Å². The lowest BCUT2D eigenvalue weighted by Gasteiger charge is -2.15. The number of rotatable bonds is 8. The Kier molecular flexibility index (Phi) is 7.44. The van der Waals surface area contributed by atoms with Gasteiger partial charge in [-0.15, -0.1) is 11.3 Å². The number of allylic oxidation sites excluding steroid dienone is 5. The molecule has 2 aromatic rings. The second kappa shape index (κ2) is 9.58. The van der Waals surface area contributed by atoms with Crippen LogP contribution in [0, 0.1) is 0 Å². The summed E-state index contributed by atoms with van der Waals surface area (Å²) in [5.41, 5.74) is 14.0. The summed E-state index contributed by atoms with van der Waals surface area (Å²) in [6.45, 7) is 7.90. The Hall–Kier alpha value is -2.56. The SMILES string of the molecule is C=C/C(=C\C=C(C)C)n1nc(/C(N)=C/N(N)CCSF)c2csc(N)c2c1=O. The Bertz CT molecular complexity index is 1020. The number of anilines is 1. The normalized spacial score (nSPS) is 12.3. The van der Waals surface area contributed by atoms with Crippen molar-refractivity contribution in [1.29, 1.82) is 0 Å². The quantitative estimate of drug-likeness (QED) is 0.340. The lowest BCUT2D eigenvalue weighted by Crippen LogP contribution is -2.29. The van der Waals surface area contributed by atoms with Crippen molar-refractivity contribution in [1.82, 2.24) is 14.8 Å². The fourth-order valence-corrected chi connectivity index (χ4v) is 3.45. The summed E-state index contributed by atoms with van der Waals surface area (Å²) in [5.74, 6) is 6.02. The molecule has 0 bridgehead atoms.